The molecule has 0 aromatic heterocycles. The van der Waals surface area contributed by atoms with E-state index < -0.39 is 9.16 Å². The van der Waals surface area contributed by atoms with Gasteiger partial charge < -0.3 is 0 Å². The van der Waals surface area contributed by atoms with E-state index in [1.165, 1.54) is 25.0 Å². The van der Waals surface area contributed by atoms with E-state index in [9.17, 15) is 0 Å². The summed E-state index contributed by atoms with van der Waals surface area (Å²) in [5.74, 6) is 1.50. The lowest BCUT2D eigenvalue weighted by Gasteiger charge is -2.56. The lowest BCUT2D eigenvalue weighted by Crippen LogP contribution is -2.27. The highest BCUT2D eigenvalue weighted by atomic mass is 32.3. The maximum atomic E-state index is 2.58. The fraction of sp³-hybridized carbons (Fsp3) is 1.00. The minimum Gasteiger partial charge on any atom is -0.288 e. The molecule has 0 radical (unpaired) electrons. The zero-order valence-electron chi connectivity index (χ0n) is 10.4. The van der Waals surface area contributed by atoms with Gasteiger partial charge in [0.1, 0.15) is 0 Å². The maximum Gasteiger partial charge on any atom is -0.0273 e. The van der Waals surface area contributed by atoms with Crippen molar-refractivity contribution in [2.75, 3.05) is 24.5 Å². The molecule has 1 atom stereocenters. The second-order valence-electron chi connectivity index (χ2n) is 7.27. The Hall–Kier alpha value is 0.350. The third kappa shape index (κ3) is 2.65. The Morgan fingerprint density at radius 1 is 1.08 bits per heavy atom. The predicted molar refractivity (Wildman–Crippen MR) is 68.7 cm³/mol. The van der Waals surface area contributed by atoms with Gasteiger partial charge in [-0.05, 0) is 54.4 Å². The van der Waals surface area contributed by atoms with Crippen LogP contribution in [0, 0.1) is 5.41 Å². The van der Waals surface area contributed by atoms with Crippen molar-refractivity contribution in [1.29, 1.82) is 0 Å². The molecule has 1 rings (SSSR count). The highest BCUT2D eigenvalue weighted by Gasteiger charge is 2.37. The van der Waals surface area contributed by atoms with Gasteiger partial charge in [0, 0.05) is 0 Å². The SMILES string of the molecule is CC1CCC(C)(C)CC[SH]1(C)(C)C. The van der Waals surface area contributed by atoms with Gasteiger partial charge in [0.25, 0.3) is 0 Å². The molecule has 1 saturated heterocycles. The smallest absolute Gasteiger partial charge is 0.0273 e. The minimum atomic E-state index is -1.30. The molecule has 1 fully saturated rings. The van der Waals surface area contributed by atoms with Gasteiger partial charge in [-0.1, -0.05) is 20.8 Å². The maximum absolute atomic E-state index is 2.58. The van der Waals surface area contributed by atoms with Gasteiger partial charge in [0.15, 0.2) is 0 Å². The molecule has 0 spiro atoms. The van der Waals surface area contributed by atoms with E-state index in [2.05, 4.69) is 39.5 Å². The highest BCUT2D eigenvalue weighted by Crippen LogP contribution is 2.67. The number of hydrogen-bond acceptors (Lipinski definition) is 0. The van der Waals surface area contributed by atoms with Gasteiger partial charge in [0.2, 0.25) is 0 Å². The van der Waals surface area contributed by atoms with Crippen LogP contribution in [0.5, 0.6) is 0 Å². The van der Waals surface area contributed by atoms with Crippen molar-refractivity contribution >= 4 is 9.16 Å². The second-order valence-corrected chi connectivity index (χ2v) is 15.1. The third-order valence-electron chi connectivity index (χ3n) is 4.46. The Labute approximate surface area is 84.8 Å². The van der Waals surface area contributed by atoms with Crippen molar-refractivity contribution < 1.29 is 0 Å². The van der Waals surface area contributed by atoms with Crippen molar-refractivity contribution in [2.24, 2.45) is 5.41 Å². The summed E-state index contributed by atoms with van der Waals surface area (Å²) in [5, 5.41) is 0.979. The lowest BCUT2D eigenvalue weighted by molar-refractivity contribution is 0.322. The Morgan fingerprint density at radius 2 is 1.62 bits per heavy atom. The monoisotopic (exact) mass is 204 g/mol. The zero-order chi connectivity index (χ0) is 10.4. The van der Waals surface area contributed by atoms with Crippen molar-refractivity contribution in [1.82, 2.24) is 0 Å². The molecule has 1 unspecified atom stereocenters. The van der Waals surface area contributed by atoms with E-state index in [0.717, 1.165) is 5.25 Å². The average Bonchev–Trinajstić information content (AvgIpc) is 2.01. The number of rotatable bonds is 0. The third-order valence-corrected chi connectivity index (χ3v) is 9.81. The van der Waals surface area contributed by atoms with E-state index in [-0.39, 0.29) is 0 Å². The van der Waals surface area contributed by atoms with Gasteiger partial charge >= 0.3 is 0 Å². The largest absolute Gasteiger partial charge is 0.288 e. The molecule has 1 aliphatic rings. The number of thiol groups is 1. The molecular weight excluding hydrogens is 176 g/mol. The van der Waals surface area contributed by atoms with Crippen LogP contribution in [0.3, 0.4) is 0 Å². The summed E-state index contributed by atoms with van der Waals surface area (Å²) in [7, 11) is -1.30. The first-order chi connectivity index (χ1) is 5.61. The molecule has 0 bridgehead atoms. The van der Waals surface area contributed by atoms with E-state index in [1.54, 1.807) is 0 Å². The minimum absolute atomic E-state index is 0.607. The molecule has 1 heterocycles. The van der Waals surface area contributed by atoms with Crippen LogP contribution < -0.4 is 0 Å². The highest BCUT2D eigenvalue weighted by molar-refractivity contribution is 8.48. The molecule has 1 heteroatoms. The quantitative estimate of drug-likeness (QED) is 0.573. The van der Waals surface area contributed by atoms with E-state index in [1.807, 2.05) is 0 Å². The van der Waals surface area contributed by atoms with Crippen LogP contribution in [0.25, 0.3) is 0 Å². The summed E-state index contributed by atoms with van der Waals surface area (Å²) in [6, 6.07) is 0. The lowest BCUT2D eigenvalue weighted by atomic mass is 9.85. The van der Waals surface area contributed by atoms with Crippen molar-refractivity contribution in [3.63, 3.8) is 0 Å². The Kier molecular flexibility index (Phi) is 2.56. The van der Waals surface area contributed by atoms with Crippen LogP contribution in [0.15, 0.2) is 0 Å². The predicted octanol–water partition coefficient (Wildman–Crippen LogP) is 3.55. The fourth-order valence-electron chi connectivity index (χ4n) is 2.13. The van der Waals surface area contributed by atoms with Crippen molar-refractivity contribution in [3.05, 3.63) is 0 Å². The number of hydrogen-bond donors (Lipinski definition) is 1. The van der Waals surface area contributed by atoms with E-state index >= 15 is 0 Å². The van der Waals surface area contributed by atoms with Crippen LogP contribution in [0.2, 0.25) is 0 Å². The van der Waals surface area contributed by atoms with E-state index in [0.29, 0.717) is 5.41 Å². The molecule has 0 saturated carbocycles. The molecule has 0 aliphatic carbocycles. The van der Waals surface area contributed by atoms with Gasteiger partial charge in [-0.25, -0.2) is 0 Å². The molecule has 82 valence electrons. The standard InChI is InChI=1S/C12H28S/c1-11-7-8-12(2,3)9-10-13(11,4,5)6/h11,13H,7-10H2,1-6H3. The molecule has 0 N–H and O–H groups in total. The first-order valence-corrected chi connectivity index (χ1v) is 9.44. The van der Waals surface area contributed by atoms with Crippen molar-refractivity contribution in [2.45, 2.75) is 45.3 Å². The Bertz CT molecular complexity index is 195. The summed E-state index contributed by atoms with van der Waals surface area (Å²) >= 11 is 0. The summed E-state index contributed by atoms with van der Waals surface area (Å²) in [4.78, 5) is 0. The van der Waals surface area contributed by atoms with Crippen LogP contribution in [0.4, 0.5) is 0 Å². The molecule has 0 aromatic carbocycles. The zero-order valence-corrected chi connectivity index (χ0v) is 11.2. The molecule has 0 nitrogen and oxygen atoms in total. The molecule has 13 heavy (non-hydrogen) atoms. The van der Waals surface area contributed by atoms with E-state index in [4.69, 9.17) is 0 Å². The van der Waals surface area contributed by atoms with Gasteiger partial charge in [-0.15, -0.1) is 0 Å². The molecular formula is C12H28S. The Morgan fingerprint density at radius 3 is 2.15 bits per heavy atom. The second kappa shape index (κ2) is 2.92. The average molecular weight is 204 g/mol. The van der Waals surface area contributed by atoms with Crippen LogP contribution >= 0.6 is 9.16 Å². The van der Waals surface area contributed by atoms with Crippen LogP contribution in [0.1, 0.15) is 40.0 Å². The summed E-state index contributed by atoms with van der Waals surface area (Å²) in [5.41, 5.74) is 0.607. The van der Waals surface area contributed by atoms with Crippen LogP contribution in [-0.4, -0.2) is 29.8 Å². The van der Waals surface area contributed by atoms with Crippen LogP contribution in [-0.2, 0) is 0 Å². The molecule has 1 aliphatic heterocycles. The molecule has 0 aromatic rings. The first-order valence-electron chi connectivity index (χ1n) is 5.61. The van der Waals surface area contributed by atoms with Crippen molar-refractivity contribution in [3.8, 4) is 0 Å². The van der Waals surface area contributed by atoms with Gasteiger partial charge in [-0.3, -0.25) is 9.16 Å². The summed E-state index contributed by atoms with van der Waals surface area (Å²) in [6.07, 6.45) is 12.1. The Balaban J connectivity index is 2.84. The first kappa shape index (κ1) is 11.4. The summed E-state index contributed by atoms with van der Waals surface area (Å²) in [6.45, 7) is 7.37. The summed E-state index contributed by atoms with van der Waals surface area (Å²) < 4.78 is 0. The fourth-order valence-corrected chi connectivity index (χ4v) is 5.06. The van der Waals surface area contributed by atoms with Gasteiger partial charge in [-0.2, -0.15) is 0 Å². The topological polar surface area (TPSA) is 0 Å². The van der Waals surface area contributed by atoms with Gasteiger partial charge in [0.05, 0.1) is 0 Å². The normalized spacial score (nSPS) is 39.8. The molecule has 0 amide bonds.